The smallest absolute Gasteiger partial charge is 0 e. The number of hydrogen-bond acceptors (Lipinski definition) is 1. The molecule has 45 valence electrons. The quantitative estimate of drug-likeness (QED) is 0.508. The van der Waals surface area contributed by atoms with Crippen molar-refractivity contribution >= 4 is 11.8 Å². The maximum Gasteiger partial charge on any atom is 0 e. The molecule has 0 spiro atoms. The van der Waals surface area contributed by atoms with Gasteiger partial charge in [0.25, 0.3) is 0 Å². The Hall–Kier alpha value is 0.674. The molecule has 0 aliphatic carbocycles. The van der Waals surface area contributed by atoms with E-state index in [1.807, 2.05) is 24.3 Å². The van der Waals surface area contributed by atoms with Gasteiger partial charge in [0.05, 0.1) is 0 Å². The van der Waals surface area contributed by atoms with Crippen molar-refractivity contribution < 1.29 is 32.7 Å². The molecule has 0 atom stereocenters. The van der Waals surface area contributed by atoms with Crippen LogP contribution in [0.2, 0.25) is 0 Å². The second-order valence-corrected chi connectivity index (χ2v) is 2.32. The van der Waals surface area contributed by atoms with Gasteiger partial charge in [-0.05, 0) is 6.26 Å². The van der Waals surface area contributed by atoms with Crippen molar-refractivity contribution in [3.63, 3.8) is 0 Å². The summed E-state index contributed by atoms with van der Waals surface area (Å²) in [6, 6.07) is 10.9. The van der Waals surface area contributed by atoms with E-state index in [4.69, 9.17) is 0 Å². The molecule has 0 aliphatic rings. The molecule has 1 radical (unpaired) electrons. The molecular weight excluding hydrogens is 205 g/mol. The van der Waals surface area contributed by atoms with E-state index in [1.54, 1.807) is 11.8 Å². The summed E-state index contributed by atoms with van der Waals surface area (Å²) in [6.45, 7) is 0. The van der Waals surface area contributed by atoms with Gasteiger partial charge in [-0.25, -0.2) is 0 Å². The van der Waals surface area contributed by atoms with Crippen LogP contribution in [-0.4, -0.2) is 6.26 Å². The van der Waals surface area contributed by atoms with Gasteiger partial charge in [0.1, 0.15) is 0 Å². The Morgan fingerprint density at radius 1 is 1.33 bits per heavy atom. The molecule has 0 fully saturated rings. The Labute approximate surface area is 85.3 Å². The van der Waals surface area contributed by atoms with Gasteiger partial charge < -0.3 is 0 Å². The first-order chi connectivity index (χ1) is 3.93. The van der Waals surface area contributed by atoms with Crippen LogP contribution in [0.1, 0.15) is 0 Å². The molecule has 0 saturated carbocycles. The molecular formula is C7H7SY-. The monoisotopic (exact) mass is 212 g/mol. The van der Waals surface area contributed by atoms with Crippen LogP contribution in [0.25, 0.3) is 0 Å². The second kappa shape index (κ2) is 5.46. The summed E-state index contributed by atoms with van der Waals surface area (Å²) in [4.78, 5) is 1.30. The molecule has 1 aromatic rings. The van der Waals surface area contributed by atoms with E-state index in [-0.39, 0.29) is 32.7 Å². The van der Waals surface area contributed by atoms with Crippen LogP contribution in [0.5, 0.6) is 0 Å². The predicted molar refractivity (Wildman–Crippen MR) is 37.1 cm³/mol. The van der Waals surface area contributed by atoms with E-state index in [1.165, 1.54) is 4.90 Å². The SMILES string of the molecule is CSc1cc[c-]cc1.[Y]. The maximum absolute atomic E-state index is 2.95. The van der Waals surface area contributed by atoms with Gasteiger partial charge in [0.2, 0.25) is 0 Å². The van der Waals surface area contributed by atoms with Crippen molar-refractivity contribution in [3.8, 4) is 0 Å². The van der Waals surface area contributed by atoms with Crippen molar-refractivity contribution in [1.82, 2.24) is 0 Å². The average Bonchev–Trinajstić information content (AvgIpc) is 1.90. The zero-order chi connectivity index (χ0) is 5.82. The molecule has 0 amide bonds. The van der Waals surface area contributed by atoms with Crippen molar-refractivity contribution in [2.45, 2.75) is 4.90 Å². The molecule has 0 aromatic heterocycles. The summed E-state index contributed by atoms with van der Waals surface area (Å²) < 4.78 is 0. The van der Waals surface area contributed by atoms with Crippen LogP contribution < -0.4 is 0 Å². The summed E-state index contributed by atoms with van der Waals surface area (Å²) in [5.74, 6) is 0. The molecule has 0 heterocycles. The molecule has 0 saturated heterocycles. The van der Waals surface area contributed by atoms with E-state index in [0.717, 1.165) is 0 Å². The number of benzene rings is 1. The second-order valence-electron chi connectivity index (χ2n) is 1.44. The Balaban J connectivity index is 0.000000640. The first-order valence-electron chi connectivity index (χ1n) is 2.43. The third-order valence-electron chi connectivity index (χ3n) is 0.923. The minimum absolute atomic E-state index is 0. The summed E-state index contributed by atoms with van der Waals surface area (Å²) in [5.41, 5.74) is 0. The molecule has 0 nitrogen and oxygen atoms in total. The minimum atomic E-state index is 0. The fourth-order valence-corrected chi connectivity index (χ4v) is 0.916. The summed E-state index contributed by atoms with van der Waals surface area (Å²) >= 11 is 1.75. The Morgan fingerprint density at radius 2 is 1.89 bits per heavy atom. The normalized spacial score (nSPS) is 8.11. The van der Waals surface area contributed by atoms with Gasteiger partial charge in [-0.2, -0.15) is 42.1 Å². The largest absolute Gasteiger partial charge is 0.184 e. The molecule has 0 aliphatic heterocycles. The van der Waals surface area contributed by atoms with Crippen LogP contribution in [0.15, 0.2) is 29.2 Å². The zero-order valence-corrected chi connectivity index (χ0v) is 8.95. The van der Waals surface area contributed by atoms with Crippen LogP contribution in [0.4, 0.5) is 0 Å². The van der Waals surface area contributed by atoms with Crippen LogP contribution in [0.3, 0.4) is 0 Å². The van der Waals surface area contributed by atoms with Gasteiger partial charge in [0, 0.05) is 32.7 Å². The van der Waals surface area contributed by atoms with E-state index < -0.39 is 0 Å². The average molecular weight is 212 g/mol. The van der Waals surface area contributed by atoms with Gasteiger partial charge in [0.15, 0.2) is 0 Å². The van der Waals surface area contributed by atoms with E-state index in [2.05, 4.69) is 12.3 Å². The van der Waals surface area contributed by atoms with E-state index >= 15 is 0 Å². The Morgan fingerprint density at radius 3 is 2.22 bits per heavy atom. The predicted octanol–water partition coefficient (Wildman–Crippen LogP) is 2.21. The Bertz CT molecular complexity index is 150. The molecule has 1 aromatic carbocycles. The standard InChI is InChI=1S/C7H7S.Y/c1-8-7-5-3-2-4-6-7;/h3-6H,1H3;/q-1;. The first-order valence-corrected chi connectivity index (χ1v) is 3.66. The zero-order valence-electron chi connectivity index (χ0n) is 5.29. The Kier molecular flexibility index (Phi) is 5.87. The molecule has 1 rings (SSSR count). The third-order valence-corrected chi connectivity index (χ3v) is 1.67. The summed E-state index contributed by atoms with van der Waals surface area (Å²) in [6.07, 6.45) is 2.06. The van der Waals surface area contributed by atoms with Gasteiger partial charge in [-0.3, -0.25) is 0 Å². The van der Waals surface area contributed by atoms with Crippen LogP contribution in [0, 0.1) is 6.07 Å². The van der Waals surface area contributed by atoms with Gasteiger partial charge in [-0.15, -0.1) is 4.90 Å². The van der Waals surface area contributed by atoms with Crippen molar-refractivity contribution in [1.29, 1.82) is 0 Å². The van der Waals surface area contributed by atoms with Gasteiger partial charge >= 0.3 is 0 Å². The minimum Gasteiger partial charge on any atom is -0.184 e. The first kappa shape index (κ1) is 9.67. The maximum atomic E-state index is 2.95. The fourth-order valence-electron chi connectivity index (χ4n) is 0.508. The molecule has 0 N–H and O–H groups in total. The van der Waals surface area contributed by atoms with Crippen LogP contribution in [-0.2, 0) is 32.7 Å². The third kappa shape index (κ3) is 3.39. The topological polar surface area (TPSA) is 0 Å². The van der Waals surface area contributed by atoms with E-state index in [0.29, 0.717) is 0 Å². The van der Waals surface area contributed by atoms with Gasteiger partial charge in [-0.1, -0.05) is 0 Å². The summed E-state index contributed by atoms with van der Waals surface area (Å²) in [7, 11) is 0. The molecule has 2 heteroatoms. The summed E-state index contributed by atoms with van der Waals surface area (Å²) in [5, 5.41) is 0. The van der Waals surface area contributed by atoms with Crippen molar-refractivity contribution in [2.24, 2.45) is 0 Å². The number of hydrogen-bond donors (Lipinski definition) is 0. The van der Waals surface area contributed by atoms with Crippen molar-refractivity contribution in [2.75, 3.05) is 6.26 Å². The number of rotatable bonds is 1. The molecule has 0 bridgehead atoms. The van der Waals surface area contributed by atoms with Crippen molar-refractivity contribution in [3.05, 3.63) is 30.3 Å². The number of thioether (sulfide) groups is 1. The van der Waals surface area contributed by atoms with Crippen LogP contribution >= 0.6 is 11.8 Å². The molecule has 0 unspecified atom stereocenters. The fraction of sp³-hybridized carbons (Fsp3) is 0.143. The van der Waals surface area contributed by atoms with E-state index in [9.17, 15) is 0 Å². The molecule has 9 heavy (non-hydrogen) atoms.